The monoisotopic (exact) mass is 255 g/mol. The highest BCUT2D eigenvalue weighted by molar-refractivity contribution is 5.73. The number of nitrogens with one attached hydrogen (secondary N) is 1. The summed E-state index contributed by atoms with van der Waals surface area (Å²) in [6.45, 7) is 6.21. The Morgan fingerprint density at radius 2 is 1.83 bits per heavy atom. The fraction of sp³-hybridized carbons (Fsp3) is 0.833. The van der Waals surface area contributed by atoms with E-state index in [4.69, 9.17) is 5.11 Å². The van der Waals surface area contributed by atoms with Crippen LogP contribution in [0.3, 0.4) is 0 Å². The van der Waals surface area contributed by atoms with Crippen LogP contribution in [0.2, 0.25) is 0 Å². The average molecular weight is 255 g/mol. The second kappa shape index (κ2) is 5.67. The van der Waals surface area contributed by atoms with Gasteiger partial charge in [0.05, 0.1) is 5.92 Å². The Morgan fingerprint density at radius 1 is 1.17 bits per heavy atom. The van der Waals surface area contributed by atoms with Crippen LogP contribution in [0.25, 0.3) is 0 Å². The second-order valence-electron chi connectivity index (χ2n) is 5.12. The van der Waals surface area contributed by atoms with Crippen LogP contribution in [0.4, 0.5) is 0 Å². The van der Waals surface area contributed by atoms with Gasteiger partial charge in [-0.15, -0.1) is 0 Å². The largest absolute Gasteiger partial charge is 0.481 e. The number of rotatable bonds is 2. The molecule has 6 heteroatoms. The molecule has 6 nitrogen and oxygen atoms in total. The Labute approximate surface area is 107 Å². The number of aliphatic carboxylic acids is 1. The van der Waals surface area contributed by atoms with Crippen molar-refractivity contribution in [2.24, 2.45) is 5.92 Å². The summed E-state index contributed by atoms with van der Waals surface area (Å²) in [6.07, 6.45) is 0.711. The minimum atomic E-state index is -0.713. The van der Waals surface area contributed by atoms with E-state index in [2.05, 4.69) is 10.2 Å². The molecule has 0 aromatic rings. The normalized spacial score (nSPS) is 30.2. The molecule has 0 aromatic carbocycles. The standard InChI is InChI=1S/C12H21N3O3/c1-9(16)14-2-4-15(5-3-14)11-6-10(12(17)18)7-13-8-11/h10-11,13H,2-8H2,1H3,(H,17,18). The molecule has 2 atom stereocenters. The van der Waals surface area contributed by atoms with Crippen LogP contribution in [-0.2, 0) is 9.59 Å². The first-order chi connectivity index (χ1) is 8.58. The number of hydrogen-bond donors (Lipinski definition) is 2. The summed E-state index contributed by atoms with van der Waals surface area (Å²) >= 11 is 0. The molecule has 2 aliphatic rings. The fourth-order valence-electron chi connectivity index (χ4n) is 2.79. The van der Waals surface area contributed by atoms with Gasteiger partial charge in [-0.25, -0.2) is 0 Å². The highest BCUT2D eigenvalue weighted by atomic mass is 16.4. The summed E-state index contributed by atoms with van der Waals surface area (Å²) in [6, 6.07) is 0.286. The highest BCUT2D eigenvalue weighted by Gasteiger charge is 2.32. The number of carbonyl (C=O) groups is 2. The van der Waals surface area contributed by atoms with E-state index >= 15 is 0 Å². The molecule has 2 saturated heterocycles. The molecule has 0 spiro atoms. The summed E-state index contributed by atoms with van der Waals surface area (Å²) in [5.74, 6) is -0.871. The first-order valence-corrected chi connectivity index (χ1v) is 6.51. The number of piperidine rings is 1. The molecular weight excluding hydrogens is 234 g/mol. The van der Waals surface area contributed by atoms with Crippen molar-refractivity contribution in [3.8, 4) is 0 Å². The lowest BCUT2D eigenvalue weighted by Gasteiger charge is -2.41. The predicted molar refractivity (Wildman–Crippen MR) is 66.2 cm³/mol. The van der Waals surface area contributed by atoms with Crippen LogP contribution in [0.1, 0.15) is 13.3 Å². The summed E-state index contributed by atoms with van der Waals surface area (Å²) in [5, 5.41) is 12.3. The molecule has 0 aliphatic carbocycles. The molecule has 2 unspecified atom stereocenters. The molecule has 2 N–H and O–H groups in total. The molecule has 0 aromatic heterocycles. The first kappa shape index (κ1) is 13.3. The topological polar surface area (TPSA) is 72.9 Å². The van der Waals surface area contributed by atoms with Crippen LogP contribution in [0.5, 0.6) is 0 Å². The predicted octanol–water partition coefficient (Wildman–Crippen LogP) is -0.787. The second-order valence-corrected chi connectivity index (χ2v) is 5.12. The summed E-state index contributed by atoms with van der Waals surface area (Å²) in [4.78, 5) is 26.4. The molecule has 2 heterocycles. The van der Waals surface area contributed by atoms with E-state index in [0.717, 1.165) is 32.7 Å². The van der Waals surface area contributed by atoms with Gasteiger partial charge in [-0.1, -0.05) is 0 Å². The van der Waals surface area contributed by atoms with E-state index in [1.165, 1.54) is 0 Å². The van der Waals surface area contributed by atoms with Crippen LogP contribution in [0.15, 0.2) is 0 Å². The first-order valence-electron chi connectivity index (χ1n) is 6.51. The van der Waals surface area contributed by atoms with E-state index in [0.29, 0.717) is 13.0 Å². The van der Waals surface area contributed by atoms with Gasteiger partial charge in [0, 0.05) is 52.2 Å². The maximum absolute atomic E-state index is 11.2. The Kier molecular flexibility index (Phi) is 4.19. The third-order valence-corrected chi connectivity index (χ3v) is 3.95. The summed E-state index contributed by atoms with van der Waals surface area (Å²) in [7, 11) is 0. The number of piperazine rings is 1. The van der Waals surface area contributed by atoms with Crippen molar-refractivity contribution in [2.45, 2.75) is 19.4 Å². The molecule has 2 rings (SSSR count). The van der Waals surface area contributed by atoms with Crippen molar-refractivity contribution in [3.05, 3.63) is 0 Å². The Hall–Kier alpha value is -1.14. The minimum absolute atomic E-state index is 0.125. The van der Waals surface area contributed by atoms with E-state index in [-0.39, 0.29) is 17.9 Å². The van der Waals surface area contributed by atoms with E-state index in [1.54, 1.807) is 6.92 Å². The molecule has 1 amide bonds. The van der Waals surface area contributed by atoms with Crippen LogP contribution in [-0.4, -0.2) is 72.1 Å². The Bertz CT molecular complexity index is 327. The van der Waals surface area contributed by atoms with Gasteiger partial charge in [-0.05, 0) is 6.42 Å². The number of nitrogens with zero attached hydrogens (tertiary/aromatic N) is 2. The molecule has 0 bridgehead atoms. The minimum Gasteiger partial charge on any atom is -0.481 e. The van der Waals surface area contributed by atoms with E-state index in [1.807, 2.05) is 4.90 Å². The molecule has 18 heavy (non-hydrogen) atoms. The zero-order chi connectivity index (χ0) is 13.1. The Morgan fingerprint density at radius 3 is 2.39 bits per heavy atom. The average Bonchev–Trinajstić information content (AvgIpc) is 2.39. The van der Waals surface area contributed by atoms with Crippen molar-refractivity contribution in [1.29, 1.82) is 0 Å². The lowest BCUT2D eigenvalue weighted by atomic mass is 9.94. The quantitative estimate of drug-likeness (QED) is 0.677. The van der Waals surface area contributed by atoms with Crippen molar-refractivity contribution in [2.75, 3.05) is 39.3 Å². The van der Waals surface area contributed by atoms with Gasteiger partial charge >= 0.3 is 5.97 Å². The zero-order valence-electron chi connectivity index (χ0n) is 10.8. The summed E-state index contributed by atoms with van der Waals surface area (Å²) in [5.41, 5.74) is 0. The highest BCUT2D eigenvalue weighted by Crippen LogP contribution is 2.17. The molecule has 0 radical (unpaired) electrons. The molecule has 0 saturated carbocycles. The van der Waals surface area contributed by atoms with Crippen molar-refractivity contribution >= 4 is 11.9 Å². The lowest BCUT2D eigenvalue weighted by molar-refractivity contribution is -0.143. The van der Waals surface area contributed by atoms with Crippen LogP contribution >= 0.6 is 0 Å². The molecule has 2 aliphatic heterocycles. The number of amides is 1. The third kappa shape index (κ3) is 3.00. The van der Waals surface area contributed by atoms with Gasteiger partial charge < -0.3 is 15.3 Å². The maximum Gasteiger partial charge on any atom is 0.307 e. The molecule has 102 valence electrons. The third-order valence-electron chi connectivity index (χ3n) is 3.95. The van der Waals surface area contributed by atoms with Crippen molar-refractivity contribution < 1.29 is 14.7 Å². The van der Waals surface area contributed by atoms with Crippen molar-refractivity contribution in [1.82, 2.24) is 15.1 Å². The Balaban J connectivity index is 1.85. The van der Waals surface area contributed by atoms with Gasteiger partial charge in [0.1, 0.15) is 0 Å². The molecular formula is C12H21N3O3. The van der Waals surface area contributed by atoms with E-state index in [9.17, 15) is 9.59 Å². The SMILES string of the molecule is CC(=O)N1CCN(C2CNCC(C(=O)O)C2)CC1. The zero-order valence-corrected chi connectivity index (χ0v) is 10.8. The maximum atomic E-state index is 11.2. The van der Waals surface area contributed by atoms with Gasteiger partial charge in [-0.3, -0.25) is 14.5 Å². The number of hydrogen-bond acceptors (Lipinski definition) is 4. The van der Waals surface area contributed by atoms with Crippen LogP contribution in [0, 0.1) is 5.92 Å². The van der Waals surface area contributed by atoms with Crippen molar-refractivity contribution in [3.63, 3.8) is 0 Å². The van der Waals surface area contributed by atoms with E-state index < -0.39 is 5.97 Å². The fourth-order valence-corrected chi connectivity index (χ4v) is 2.79. The van der Waals surface area contributed by atoms with Gasteiger partial charge in [-0.2, -0.15) is 0 Å². The summed E-state index contributed by atoms with van der Waals surface area (Å²) < 4.78 is 0. The molecule has 2 fully saturated rings. The number of carbonyl (C=O) groups excluding carboxylic acids is 1. The van der Waals surface area contributed by atoms with Crippen LogP contribution < -0.4 is 5.32 Å². The number of carboxylic acid groups (broad SMARTS) is 1. The van der Waals surface area contributed by atoms with Gasteiger partial charge in [0.15, 0.2) is 0 Å². The van der Waals surface area contributed by atoms with Gasteiger partial charge in [0.2, 0.25) is 5.91 Å². The smallest absolute Gasteiger partial charge is 0.307 e. The van der Waals surface area contributed by atoms with Gasteiger partial charge in [0.25, 0.3) is 0 Å². The lowest BCUT2D eigenvalue weighted by Crippen LogP contribution is -2.57. The number of carboxylic acids is 1.